The van der Waals surface area contributed by atoms with E-state index in [-0.39, 0.29) is 12.5 Å². The highest BCUT2D eigenvalue weighted by Gasteiger charge is 2.08. The lowest BCUT2D eigenvalue weighted by Gasteiger charge is -2.14. The van der Waals surface area contributed by atoms with E-state index in [0.29, 0.717) is 13.1 Å². The average Bonchev–Trinajstić information content (AvgIpc) is 2.93. The number of benzene rings is 1. The number of hydrogen-bond acceptors (Lipinski definition) is 5. The van der Waals surface area contributed by atoms with Gasteiger partial charge in [0.2, 0.25) is 0 Å². The molecule has 1 heterocycles. The van der Waals surface area contributed by atoms with Crippen LogP contribution in [0.25, 0.3) is 10.1 Å². The largest absolute Gasteiger partial charge is 0.490 e. The van der Waals surface area contributed by atoms with E-state index in [1.165, 1.54) is 11.5 Å². The molecular formula is C15H18N2O2S. The highest BCUT2D eigenvalue weighted by Crippen LogP contribution is 2.27. The predicted octanol–water partition coefficient (Wildman–Crippen LogP) is 1.89. The molecule has 2 N–H and O–H groups in total. The van der Waals surface area contributed by atoms with Gasteiger partial charge in [-0.2, -0.15) is 4.37 Å². The van der Waals surface area contributed by atoms with Crippen LogP contribution >= 0.6 is 11.5 Å². The maximum atomic E-state index is 9.87. The van der Waals surface area contributed by atoms with Crippen LogP contribution in [0.3, 0.4) is 0 Å². The van der Waals surface area contributed by atoms with E-state index in [2.05, 4.69) is 15.6 Å². The van der Waals surface area contributed by atoms with Crippen molar-refractivity contribution in [2.24, 2.45) is 5.92 Å². The van der Waals surface area contributed by atoms with E-state index in [1.807, 2.05) is 25.1 Å². The Hall–Kier alpha value is -1.61. The molecule has 5 heteroatoms. The first-order valence-electron chi connectivity index (χ1n) is 6.52. The fourth-order valence-electron chi connectivity index (χ4n) is 1.76. The number of aliphatic hydroxyl groups is 1. The highest BCUT2D eigenvalue weighted by molar-refractivity contribution is 7.13. The van der Waals surface area contributed by atoms with Crippen LogP contribution in [0.1, 0.15) is 6.92 Å². The van der Waals surface area contributed by atoms with Crippen LogP contribution in [0.15, 0.2) is 24.4 Å². The normalized spacial score (nSPS) is 13.8. The Bertz CT molecular complexity index is 591. The Kier molecular flexibility index (Phi) is 5.36. The lowest BCUT2D eigenvalue weighted by Crippen LogP contribution is -2.33. The second kappa shape index (κ2) is 7.25. The van der Waals surface area contributed by atoms with Gasteiger partial charge in [0.15, 0.2) is 0 Å². The molecule has 2 unspecified atom stereocenters. The second-order valence-electron chi connectivity index (χ2n) is 4.68. The topological polar surface area (TPSA) is 54.4 Å². The van der Waals surface area contributed by atoms with Gasteiger partial charge in [-0.3, -0.25) is 0 Å². The zero-order chi connectivity index (χ0) is 14.4. The smallest absolute Gasteiger partial charge is 0.129 e. The third-order valence-electron chi connectivity index (χ3n) is 2.91. The van der Waals surface area contributed by atoms with Crippen molar-refractivity contribution in [2.75, 3.05) is 19.7 Å². The summed E-state index contributed by atoms with van der Waals surface area (Å²) in [5, 5.41) is 14.0. The molecular weight excluding hydrogens is 272 g/mol. The summed E-state index contributed by atoms with van der Waals surface area (Å²) in [5.74, 6) is 3.55. The number of nitrogens with one attached hydrogen (secondary N) is 1. The highest BCUT2D eigenvalue weighted by atomic mass is 32.1. The number of rotatable bonds is 7. The van der Waals surface area contributed by atoms with Crippen molar-refractivity contribution < 1.29 is 9.84 Å². The zero-order valence-electron chi connectivity index (χ0n) is 11.4. The lowest BCUT2D eigenvalue weighted by molar-refractivity contribution is 0.107. The number of aromatic nitrogens is 1. The number of terminal acetylenes is 1. The van der Waals surface area contributed by atoms with Crippen molar-refractivity contribution in [3.63, 3.8) is 0 Å². The molecule has 0 aliphatic carbocycles. The summed E-state index contributed by atoms with van der Waals surface area (Å²) in [6.07, 6.45) is 6.50. The van der Waals surface area contributed by atoms with E-state index < -0.39 is 6.10 Å². The number of nitrogens with zero attached hydrogens (tertiary/aromatic N) is 1. The first-order valence-corrected chi connectivity index (χ1v) is 7.29. The van der Waals surface area contributed by atoms with Gasteiger partial charge in [0.1, 0.15) is 18.5 Å². The molecule has 2 aromatic rings. The molecule has 0 radical (unpaired) electrons. The molecule has 0 aliphatic rings. The number of hydrogen-bond donors (Lipinski definition) is 2. The van der Waals surface area contributed by atoms with Crippen LogP contribution in [-0.4, -0.2) is 35.3 Å². The lowest BCUT2D eigenvalue weighted by atomic mass is 10.2. The van der Waals surface area contributed by atoms with E-state index >= 15 is 0 Å². The van der Waals surface area contributed by atoms with Crippen LogP contribution < -0.4 is 10.1 Å². The summed E-state index contributed by atoms with van der Waals surface area (Å²) < 4.78 is 10.9. The minimum absolute atomic E-state index is 0.161. The van der Waals surface area contributed by atoms with Gasteiger partial charge >= 0.3 is 0 Å². The Morgan fingerprint density at radius 3 is 3.15 bits per heavy atom. The van der Waals surface area contributed by atoms with Gasteiger partial charge in [0.05, 0.1) is 16.3 Å². The average molecular weight is 290 g/mol. The van der Waals surface area contributed by atoms with Crippen molar-refractivity contribution >= 4 is 21.6 Å². The predicted molar refractivity (Wildman–Crippen MR) is 82.0 cm³/mol. The molecule has 0 amide bonds. The molecule has 106 valence electrons. The minimum atomic E-state index is -0.568. The van der Waals surface area contributed by atoms with Crippen molar-refractivity contribution in [3.05, 3.63) is 24.4 Å². The van der Waals surface area contributed by atoms with E-state index in [4.69, 9.17) is 11.2 Å². The van der Waals surface area contributed by atoms with Crippen LogP contribution in [0, 0.1) is 18.3 Å². The van der Waals surface area contributed by atoms with Gasteiger partial charge in [0.25, 0.3) is 0 Å². The standard InChI is InChI=1S/C15H18N2O2S/c1-3-11(2)7-16-8-12(18)10-19-14-5-4-6-15-13(14)9-17-20-15/h1,4-6,9,11-12,16,18H,7-8,10H2,2H3. The maximum absolute atomic E-state index is 9.87. The molecule has 4 nitrogen and oxygen atoms in total. The van der Waals surface area contributed by atoms with Crippen molar-refractivity contribution in [2.45, 2.75) is 13.0 Å². The first-order chi connectivity index (χ1) is 9.70. The maximum Gasteiger partial charge on any atom is 0.129 e. The van der Waals surface area contributed by atoms with Crippen molar-refractivity contribution in [1.29, 1.82) is 0 Å². The van der Waals surface area contributed by atoms with Gasteiger partial charge in [0, 0.05) is 19.0 Å². The monoisotopic (exact) mass is 290 g/mol. The molecule has 0 saturated carbocycles. The Labute approximate surface area is 122 Å². The second-order valence-corrected chi connectivity index (χ2v) is 5.52. The van der Waals surface area contributed by atoms with E-state index in [1.54, 1.807) is 6.20 Å². The van der Waals surface area contributed by atoms with Gasteiger partial charge in [-0.05, 0) is 23.7 Å². The number of aliphatic hydroxyl groups excluding tert-OH is 1. The van der Waals surface area contributed by atoms with E-state index in [0.717, 1.165) is 15.8 Å². The van der Waals surface area contributed by atoms with E-state index in [9.17, 15) is 5.11 Å². The van der Waals surface area contributed by atoms with Crippen LogP contribution in [0.2, 0.25) is 0 Å². The summed E-state index contributed by atoms with van der Waals surface area (Å²) in [4.78, 5) is 0. The Morgan fingerprint density at radius 2 is 2.35 bits per heavy atom. The summed E-state index contributed by atoms with van der Waals surface area (Å²) in [7, 11) is 0. The molecule has 1 aromatic heterocycles. The fraction of sp³-hybridized carbons (Fsp3) is 0.400. The summed E-state index contributed by atoms with van der Waals surface area (Å²) in [6, 6.07) is 5.81. The van der Waals surface area contributed by atoms with Crippen molar-refractivity contribution in [3.8, 4) is 18.1 Å². The minimum Gasteiger partial charge on any atom is -0.490 e. The molecule has 1 aromatic carbocycles. The fourth-order valence-corrected chi connectivity index (χ4v) is 2.43. The molecule has 20 heavy (non-hydrogen) atoms. The third kappa shape index (κ3) is 3.94. The quantitative estimate of drug-likeness (QED) is 0.765. The molecule has 0 bridgehead atoms. The van der Waals surface area contributed by atoms with Crippen molar-refractivity contribution in [1.82, 2.24) is 9.69 Å². The van der Waals surface area contributed by atoms with Gasteiger partial charge in [-0.25, -0.2) is 0 Å². The summed E-state index contributed by atoms with van der Waals surface area (Å²) in [5.41, 5.74) is 0. The van der Waals surface area contributed by atoms with Gasteiger partial charge in [-0.15, -0.1) is 12.3 Å². The molecule has 2 atom stereocenters. The molecule has 0 saturated heterocycles. The van der Waals surface area contributed by atoms with Crippen LogP contribution in [0.4, 0.5) is 0 Å². The molecule has 0 aliphatic heterocycles. The van der Waals surface area contributed by atoms with Crippen LogP contribution in [0.5, 0.6) is 5.75 Å². The van der Waals surface area contributed by atoms with Crippen LogP contribution in [-0.2, 0) is 0 Å². The third-order valence-corrected chi connectivity index (χ3v) is 3.67. The first kappa shape index (κ1) is 14.8. The SMILES string of the molecule is C#CC(C)CNCC(O)COc1cccc2sncc12. The number of ether oxygens (including phenoxy) is 1. The summed E-state index contributed by atoms with van der Waals surface area (Å²) in [6.45, 7) is 3.36. The summed E-state index contributed by atoms with van der Waals surface area (Å²) >= 11 is 1.43. The molecule has 2 rings (SSSR count). The Morgan fingerprint density at radius 1 is 1.50 bits per heavy atom. The van der Waals surface area contributed by atoms with Gasteiger partial charge < -0.3 is 15.2 Å². The molecule has 0 fully saturated rings. The molecule has 0 spiro atoms. The Balaban J connectivity index is 1.80. The van der Waals surface area contributed by atoms with Gasteiger partial charge in [-0.1, -0.05) is 13.0 Å². The zero-order valence-corrected chi connectivity index (χ0v) is 12.2. The number of fused-ring (bicyclic) bond motifs is 1.